The zero-order chi connectivity index (χ0) is 20.3. The van der Waals surface area contributed by atoms with E-state index in [-0.39, 0.29) is 17.5 Å². The molecule has 1 unspecified atom stereocenters. The van der Waals surface area contributed by atoms with E-state index in [1.165, 1.54) is 18.3 Å². The van der Waals surface area contributed by atoms with Gasteiger partial charge in [0.2, 0.25) is 5.91 Å². The van der Waals surface area contributed by atoms with Crippen LogP contribution in [-0.2, 0) is 4.79 Å². The maximum absolute atomic E-state index is 11.2. The molecule has 0 aliphatic heterocycles. The fourth-order valence-electron chi connectivity index (χ4n) is 2.55. The van der Waals surface area contributed by atoms with Gasteiger partial charge in [0.05, 0.1) is 17.1 Å². The molecule has 0 aliphatic rings. The van der Waals surface area contributed by atoms with Crippen LogP contribution in [0.1, 0.15) is 46.4 Å². The molecule has 0 saturated carbocycles. The molecule has 0 aliphatic carbocycles. The minimum Gasteiger partial charge on any atom is -0.431 e. The Balaban J connectivity index is 1.66. The molecule has 3 aromatic rings. The van der Waals surface area contributed by atoms with E-state index < -0.39 is 0 Å². The van der Waals surface area contributed by atoms with E-state index in [1.807, 2.05) is 31.2 Å². The third-order valence-electron chi connectivity index (χ3n) is 3.69. The second-order valence-corrected chi connectivity index (χ2v) is 8.52. The van der Waals surface area contributed by atoms with Crippen LogP contribution >= 0.6 is 11.3 Å². The van der Waals surface area contributed by atoms with Crippen LogP contribution in [0.2, 0.25) is 0 Å². The van der Waals surface area contributed by atoms with Gasteiger partial charge in [-0.15, -0.1) is 0 Å². The van der Waals surface area contributed by atoms with Crippen molar-refractivity contribution in [2.24, 2.45) is 0 Å². The highest BCUT2D eigenvalue weighted by Gasteiger charge is 2.16. The van der Waals surface area contributed by atoms with Crippen molar-refractivity contribution < 1.29 is 14.1 Å². The summed E-state index contributed by atoms with van der Waals surface area (Å²) in [7, 11) is 0. The van der Waals surface area contributed by atoms with Crippen molar-refractivity contribution in [2.45, 2.75) is 46.2 Å². The summed E-state index contributed by atoms with van der Waals surface area (Å²) in [5.41, 5.74) is 1.69. The highest BCUT2D eigenvalue weighted by molar-refractivity contribution is 7.16. The van der Waals surface area contributed by atoms with Crippen molar-refractivity contribution in [1.29, 1.82) is 0 Å². The van der Waals surface area contributed by atoms with Crippen molar-refractivity contribution in [1.82, 2.24) is 15.5 Å². The molecule has 7 nitrogen and oxygen atoms in total. The van der Waals surface area contributed by atoms with Crippen LogP contribution < -0.4 is 15.4 Å². The van der Waals surface area contributed by atoms with Gasteiger partial charge >= 0.3 is 0 Å². The number of carbonyl (C=O) groups excluding carboxylic acids is 1. The molecular formula is C20H24N4O3S. The summed E-state index contributed by atoms with van der Waals surface area (Å²) in [6, 6.07) is 9.30. The zero-order valence-electron chi connectivity index (χ0n) is 16.6. The van der Waals surface area contributed by atoms with Gasteiger partial charge in [-0.25, -0.2) is 4.98 Å². The fraction of sp³-hybridized carbons (Fsp3) is 0.350. The molecule has 0 fully saturated rings. The molecule has 148 valence electrons. The van der Waals surface area contributed by atoms with Gasteiger partial charge in [-0.1, -0.05) is 16.5 Å². The predicted octanol–water partition coefficient (Wildman–Crippen LogP) is 5.00. The second-order valence-electron chi connectivity index (χ2n) is 7.53. The van der Waals surface area contributed by atoms with E-state index in [0.717, 1.165) is 10.6 Å². The largest absolute Gasteiger partial charge is 0.431 e. The average Bonchev–Trinajstić information content (AvgIpc) is 3.24. The van der Waals surface area contributed by atoms with Crippen molar-refractivity contribution in [3.63, 3.8) is 0 Å². The summed E-state index contributed by atoms with van der Waals surface area (Å²) in [6.45, 7) is 9.64. The van der Waals surface area contributed by atoms with Crippen LogP contribution in [0.5, 0.6) is 10.9 Å². The molecule has 2 heterocycles. The van der Waals surface area contributed by atoms with Gasteiger partial charge in [0.15, 0.2) is 5.76 Å². The molecule has 1 aromatic carbocycles. The van der Waals surface area contributed by atoms with Crippen LogP contribution in [0.25, 0.3) is 10.6 Å². The minimum atomic E-state index is -0.248. The summed E-state index contributed by atoms with van der Waals surface area (Å²) in [5.74, 6) is 1.17. The number of nitrogens with one attached hydrogen (secondary N) is 2. The number of thiazole rings is 1. The molecule has 0 saturated heterocycles. The number of amides is 1. The Bertz CT molecular complexity index is 941. The van der Waals surface area contributed by atoms with Crippen LogP contribution in [0.4, 0.5) is 5.69 Å². The number of carbonyl (C=O) groups is 1. The van der Waals surface area contributed by atoms with E-state index in [9.17, 15) is 4.79 Å². The first-order valence-corrected chi connectivity index (χ1v) is 9.77. The standard InChI is InChI=1S/C20H24N4O3S/c1-12(22-13(2)25)17-10-16(24-27-17)18-11-21-19(28-18)26-15-8-6-14(7-9-15)23-20(3,4)5/h6-12,23H,1-5H3,(H,22,25). The molecular weight excluding hydrogens is 376 g/mol. The van der Waals surface area contributed by atoms with Gasteiger partial charge in [0.1, 0.15) is 11.4 Å². The van der Waals surface area contributed by atoms with Crippen molar-refractivity contribution >= 4 is 22.9 Å². The summed E-state index contributed by atoms with van der Waals surface area (Å²) >= 11 is 1.38. The molecule has 2 N–H and O–H groups in total. The number of hydrogen-bond donors (Lipinski definition) is 2. The first kappa shape index (κ1) is 19.9. The summed E-state index contributed by atoms with van der Waals surface area (Å²) in [4.78, 5) is 16.3. The van der Waals surface area contributed by atoms with E-state index in [1.54, 1.807) is 12.3 Å². The van der Waals surface area contributed by atoms with Crippen molar-refractivity contribution in [3.8, 4) is 21.5 Å². The Morgan fingerprint density at radius 1 is 1.25 bits per heavy atom. The zero-order valence-corrected chi connectivity index (χ0v) is 17.4. The third-order valence-corrected chi connectivity index (χ3v) is 4.59. The molecule has 28 heavy (non-hydrogen) atoms. The normalized spacial score (nSPS) is 12.5. The SMILES string of the molecule is CC(=O)NC(C)c1cc(-c2cnc(Oc3ccc(NC(C)(C)C)cc3)s2)no1. The minimum absolute atomic E-state index is 0.000461. The van der Waals surface area contributed by atoms with Crippen LogP contribution in [-0.4, -0.2) is 21.6 Å². The lowest BCUT2D eigenvalue weighted by Gasteiger charge is -2.22. The third kappa shape index (κ3) is 5.32. The molecule has 8 heteroatoms. The topological polar surface area (TPSA) is 89.3 Å². The van der Waals surface area contributed by atoms with Gasteiger partial charge in [0.25, 0.3) is 5.19 Å². The molecule has 1 atom stereocenters. The van der Waals surface area contributed by atoms with Gasteiger partial charge in [-0.05, 0) is 52.0 Å². The monoisotopic (exact) mass is 400 g/mol. The molecule has 3 rings (SSSR count). The number of benzene rings is 1. The lowest BCUT2D eigenvalue weighted by molar-refractivity contribution is -0.119. The maximum atomic E-state index is 11.2. The second kappa shape index (κ2) is 8.02. The fourth-order valence-corrected chi connectivity index (χ4v) is 3.29. The number of anilines is 1. The summed E-state index contributed by atoms with van der Waals surface area (Å²) in [6.07, 6.45) is 1.69. The van der Waals surface area contributed by atoms with E-state index in [2.05, 4.69) is 41.5 Å². The first-order chi connectivity index (χ1) is 13.2. The van der Waals surface area contributed by atoms with Gasteiger partial charge in [-0.2, -0.15) is 0 Å². The van der Waals surface area contributed by atoms with Gasteiger partial charge < -0.3 is 19.9 Å². The van der Waals surface area contributed by atoms with E-state index >= 15 is 0 Å². The maximum Gasteiger partial charge on any atom is 0.279 e. The Morgan fingerprint density at radius 2 is 1.96 bits per heavy atom. The lowest BCUT2D eigenvalue weighted by Crippen LogP contribution is -2.25. The van der Waals surface area contributed by atoms with Gasteiger partial charge in [-0.3, -0.25) is 4.79 Å². The summed E-state index contributed by atoms with van der Waals surface area (Å²) < 4.78 is 11.2. The van der Waals surface area contributed by atoms with Crippen molar-refractivity contribution in [2.75, 3.05) is 5.32 Å². The van der Waals surface area contributed by atoms with Crippen LogP contribution in [0.15, 0.2) is 41.1 Å². The van der Waals surface area contributed by atoms with E-state index in [0.29, 0.717) is 22.4 Å². The molecule has 0 radical (unpaired) electrons. The number of nitrogens with zero attached hydrogens (tertiary/aromatic N) is 2. The smallest absolute Gasteiger partial charge is 0.279 e. The lowest BCUT2D eigenvalue weighted by atomic mass is 10.1. The highest BCUT2D eigenvalue weighted by Crippen LogP contribution is 2.33. The Hall–Kier alpha value is -2.87. The molecule has 0 spiro atoms. The number of aromatic nitrogens is 2. The summed E-state index contributed by atoms with van der Waals surface area (Å²) in [5, 5.41) is 10.8. The Kier molecular flexibility index (Phi) is 5.69. The molecule has 1 amide bonds. The number of ether oxygens (including phenoxy) is 1. The number of hydrogen-bond acceptors (Lipinski definition) is 7. The Morgan fingerprint density at radius 3 is 2.61 bits per heavy atom. The van der Waals surface area contributed by atoms with Crippen LogP contribution in [0.3, 0.4) is 0 Å². The average molecular weight is 401 g/mol. The Labute approximate surface area is 168 Å². The molecule has 0 bridgehead atoms. The van der Waals surface area contributed by atoms with Crippen LogP contribution in [0, 0.1) is 0 Å². The molecule has 2 aromatic heterocycles. The first-order valence-electron chi connectivity index (χ1n) is 8.95. The van der Waals surface area contributed by atoms with Crippen molar-refractivity contribution in [3.05, 3.63) is 42.3 Å². The van der Waals surface area contributed by atoms with E-state index in [4.69, 9.17) is 9.26 Å². The number of rotatable bonds is 6. The predicted molar refractivity (Wildman–Crippen MR) is 110 cm³/mol. The highest BCUT2D eigenvalue weighted by atomic mass is 32.1. The quantitative estimate of drug-likeness (QED) is 0.605. The van der Waals surface area contributed by atoms with Gasteiger partial charge in [0, 0.05) is 24.2 Å².